The van der Waals surface area contributed by atoms with Gasteiger partial charge in [0.1, 0.15) is 11.3 Å². The van der Waals surface area contributed by atoms with Gasteiger partial charge in [0.2, 0.25) is 5.13 Å². The Bertz CT molecular complexity index is 948. The van der Waals surface area contributed by atoms with Crippen molar-refractivity contribution >= 4 is 39.2 Å². The van der Waals surface area contributed by atoms with E-state index < -0.39 is 0 Å². The highest BCUT2D eigenvalue weighted by atomic mass is 32.2. The number of ether oxygens (including phenoxy) is 1. The number of benzene rings is 1. The minimum absolute atomic E-state index is 0.355. The SMILES string of the molecule is COc1ccc2c(CSc3nnc(N4CCCC4)s3)cc(=O)oc2c1. The Hall–Kier alpha value is -2.06. The van der Waals surface area contributed by atoms with E-state index in [4.69, 9.17) is 9.15 Å². The van der Waals surface area contributed by atoms with Crippen LogP contribution in [-0.2, 0) is 5.75 Å². The van der Waals surface area contributed by atoms with Crippen molar-refractivity contribution in [2.75, 3.05) is 25.1 Å². The molecule has 3 aromatic rings. The number of rotatable bonds is 5. The molecule has 0 N–H and O–H groups in total. The highest BCUT2D eigenvalue weighted by Gasteiger charge is 2.17. The molecule has 0 unspecified atom stereocenters. The molecule has 2 aromatic heterocycles. The molecular formula is C17H17N3O3S2. The Morgan fingerprint density at radius 1 is 1.28 bits per heavy atom. The molecule has 1 saturated heterocycles. The second kappa shape index (κ2) is 7.05. The van der Waals surface area contributed by atoms with Crippen molar-refractivity contribution in [1.29, 1.82) is 0 Å². The standard InChI is InChI=1S/C17H17N3O3S2/c1-22-12-4-5-13-11(8-15(21)23-14(13)9-12)10-24-17-19-18-16(25-17)20-6-2-3-7-20/h4-5,8-9H,2-3,6-7,10H2,1H3. The van der Waals surface area contributed by atoms with E-state index in [0.29, 0.717) is 17.1 Å². The van der Waals surface area contributed by atoms with Crippen LogP contribution in [0.3, 0.4) is 0 Å². The normalized spacial score (nSPS) is 14.4. The summed E-state index contributed by atoms with van der Waals surface area (Å²) in [5, 5.41) is 10.5. The molecule has 0 atom stereocenters. The van der Waals surface area contributed by atoms with Gasteiger partial charge >= 0.3 is 5.63 Å². The summed E-state index contributed by atoms with van der Waals surface area (Å²) in [5.41, 5.74) is 1.11. The summed E-state index contributed by atoms with van der Waals surface area (Å²) in [6.45, 7) is 2.12. The second-order valence-corrected chi connectivity index (χ2v) is 7.96. The van der Waals surface area contributed by atoms with Crippen LogP contribution in [0.4, 0.5) is 5.13 Å². The zero-order valence-corrected chi connectivity index (χ0v) is 15.4. The molecule has 8 heteroatoms. The van der Waals surface area contributed by atoms with E-state index in [1.165, 1.54) is 12.8 Å². The van der Waals surface area contributed by atoms with E-state index in [0.717, 1.165) is 33.5 Å². The summed E-state index contributed by atoms with van der Waals surface area (Å²) in [6.07, 6.45) is 2.44. The summed E-state index contributed by atoms with van der Waals surface area (Å²) in [7, 11) is 1.59. The lowest BCUT2D eigenvalue weighted by atomic mass is 10.1. The van der Waals surface area contributed by atoms with Crippen molar-refractivity contribution in [3.05, 3.63) is 40.2 Å². The van der Waals surface area contributed by atoms with Crippen molar-refractivity contribution in [3.63, 3.8) is 0 Å². The maximum atomic E-state index is 11.8. The number of aromatic nitrogens is 2. The molecule has 25 heavy (non-hydrogen) atoms. The van der Waals surface area contributed by atoms with E-state index in [2.05, 4.69) is 15.1 Å². The van der Waals surface area contributed by atoms with Gasteiger partial charge in [-0.15, -0.1) is 10.2 Å². The molecule has 0 spiro atoms. The van der Waals surface area contributed by atoms with Crippen molar-refractivity contribution in [1.82, 2.24) is 10.2 Å². The minimum Gasteiger partial charge on any atom is -0.497 e. The molecule has 1 aliphatic heterocycles. The third-order valence-electron chi connectivity index (χ3n) is 4.16. The number of hydrogen-bond donors (Lipinski definition) is 0. The van der Waals surface area contributed by atoms with Gasteiger partial charge in [-0.3, -0.25) is 0 Å². The van der Waals surface area contributed by atoms with Crippen molar-refractivity contribution < 1.29 is 9.15 Å². The van der Waals surface area contributed by atoms with Crippen LogP contribution in [0.1, 0.15) is 18.4 Å². The fraction of sp³-hybridized carbons (Fsp3) is 0.353. The molecule has 0 amide bonds. The molecule has 1 fully saturated rings. The molecule has 3 heterocycles. The summed E-state index contributed by atoms with van der Waals surface area (Å²) >= 11 is 3.20. The second-order valence-electron chi connectivity index (χ2n) is 5.79. The van der Waals surface area contributed by atoms with Crippen molar-refractivity contribution in [3.8, 4) is 5.75 Å². The number of fused-ring (bicyclic) bond motifs is 1. The predicted octanol–water partition coefficient (Wildman–Crippen LogP) is 3.55. The number of methoxy groups -OCH3 is 1. The molecule has 1 aliphatic rings. The summed E-state index contributed by atoms with van der Waals surface area (Å²) < 4.78 is 11.4. The van der Waals surface area contributed by atoms with E-state index in [-0.39, 0.29) is 5.63 Å². The third kappa shape index (κ3) is 3.50. The van der Waals surface area contributed by atoms with E-state index in [9.17, 15) is 4.79 Å². The van der Waals surface area contributed by atoms with Crippen LogP contribution in [0.5, 0.6) is 5.75 Å². The molecule has 4 rings (SSSR count). The monoisotopic (exact) mass is 375 g/mol. The molecule has 6 nitrogen and oxygen atoms in total. The van der Waals surface area contributed by atoms with Crippen molar-refractivity contribution in [2.24, 2.45) is 0 Å². The number of thioether (sulfide) groups is 1. The minimum atomic E-state index is -0.355. The smallest absolute Gasteiger partial charge is 0.336 e. The van der Waals surface area contributed by atoms with Crippen LogP contribution in [0, 0.1) is 0 Å². The van der Waals surface area contributed by atoms with Gasteiger partial charge in [-0.05, 0) is 30.5 Å². The lowest BCUT2D eigenvalue weighted by molar-refractivity contribution is 0.414. The van der Waals surface area contributed by atoms with Gasteiger partial charge in [0.05, 0.1) is 7.11 Å². The van der Waals surface area contributed by atoms with Gasteiger partial charge < -0.3 is 14.1 Å². The fourth-order valence-corrected chi connectivity index (χ4v) is 4.78. The Balaban J connectivity index is 1.55. The molecular weight excluding hydrogens is 358 g/mol. The Morgan fingerprint density at radius 2 is 2.12 bits per heavy atom. The number of hydrogen-bond acceptors (Lipinski definition) is 8. The maximum Gasteiger partial charge on any atom is 0.336 e. The van der Waals surface area contributed by atoms with Crippen molar-refractivity contribution in [2.45, 2.75) is 22.9 Å². The van der Waals surface area contributed by atoms with Gasteiger partial charge in [-0.1, -0.05) is 23.1 Å². The van der Waals surface area contributed by atoms with Crippen LogP contribution in [0.2, 0.25) is 0 Å². The summed E-state index contributed by atoms with van der Waals surface area (Å²) in [4.78, 5) is 14.1. The highest BCUT2D eigenvalue weighted by molar-refractivity contribution is 8.00. The van der Waals surface area contributed by atoms with Crippen LogP contribution >= 0.6 is 23.1 Å². The molecule has 130 valence electrons. The Morgan fingerprint density at radius 3 is 2.92 bits per heavy atom. The van der Waals surface area contributed by atoms with Gasteiger partial charge in [0.25, 0.3) is 0 Å². The van der Waals surface area contributed by atoms with Crippen LogP contribution in [0.15, 0.2) is 37.8 Å². The molecule has 0 saturated carbocycles. The quantitative estimate of drug-likeness (QED) is 0.499. The first-order valence-electron chi connectivity index (χ1n) is 8.05. The van der Waals surface area contributed by atoms with E-state index in [1.807, 2.05) is 12.1 Å². The molecule has 0 bridgehead atoms. The maximum absolute atomic E-state index is 11.8. The Labute approximate surface area is 152 Å². The van der Waals surface area contributed by atoms with E-state index >= 15 is 0 Å². The molecule has 0 aliphatic carbocycles. The van der Waals surface area contributed by atoms with Gasteiger partial charge in [0, 0.05) is 36.4 Å². The van der Waals surface area contributed by atoms with Crippen LogP contribution in [0.25, 0.3) is 11.0 Å². The highest BCUT2D eigenvalue weighted by Crippen LogP contribution is 2.33. The lowest BCUT2D eigenvalue weighted by Crippen LogP contribution is -2.17. The Kier molecular flexibility index (Phi) is 4.63. The zero-order chi connectivity index (χ0) is 17.2. The first kappa shape index (κ1) is 16.4. The summed E-state index contributed by atoms with van der Waals surface area (Å²) in [6, 6.07) is 7.07. The average molecular weight is 375 g/mol. The van der Waals surface area contributed by atoms with Crippen LogP contribution < -0.4 is 15.3 Å². The lowest BCUT2D eigenvalue weighted by Gasteiger charge is -2.10. The first-order valence-corrected chi connectivity index (χ1v) is 9.85. The topological polar surface area (TPSA) is 68.5 Å². The zero-order valence-electron chi connectivity index (χ0n) is 13.7. The molecule has 0 radical (unpaired) electrons. The predicted molar refractivity (Wildman–Crippen MR) is 100.0 cm³/mol. The van der Waals surface area contributed by atoms with Crippen LogP contribution in [-0.4, -0.2) is 30.4 Å². The van der Waals surface area contributed by atoms with E-state index in [1.54, 1.807) is 42.3 Å². The first-order chi connectivity index (χ1) is 12.2. The van der Waals surface area contributed by atoms with Gasteiger partial charge in [-0.25, -0.2) is 4.79 Å². The fourth-order valence-electron chi connectivity index (χ4n) is 2.89. The van der Waals surface area contributed by atoms with Gasteiger partial charge in [-0.2, -0.15) is 0 Å². The largest absolute Gasteiger partial charge is 0.497 e. The number of anilines is 1. The summed E-state index contributed by atoms with van der Waals surface area (Å²) in [5.74, 6) is 1.31. The molecule has 1 aromatic carbocycles. The number of nitrogens with zero attached hydrogens (tertiary/aromatic N) is 3. The van der Waals surface area contributed by atoms with Gasteiger partial charge in [0.15, 0.2) is 4.34 Å². The average Bonchev–Trinajstić information content (AvgIpc) is 3.30. The third-order valence-corrected chi connectivity index (χ3v) is 6.33.